The van der Waals surface area contributed by atoms with Gasteiger partial charge in [0.05, 0.1) is 18.2 Å². The topological polar surface area (TPSA) is 64.7 Å². The molecule has 6 nitrogen and oxygen atoms in total. The fourth-order valence-corrected chi connectivity index (χ4v) is 2.24. The van der Waals surface area contributed by atoms with Crippen molar-refractivity contribution in [2.24, 2.45) is 0 Å². The van der Waals surface area contributed by atoms with Crippen molar-refractivity contribution in [1.82, 2.24) is 19.3 Å². The molecule has 0 fully saturated rings. The maximum Gasteiger partial charge on any atom is 0.283 e. The second kappa shape index (κ2) is 7.23. The zero-order chi connectivity index (χ0) is 14.4. The van der Waals surface area contributed by atoms with Crippen LogP contribution in [0.25, 0.3) is 0 Å². The summed E-state index contributed by atoms with van der Waals surface area (Å²) in [4.78, 5) is 16.1. The number of nitrogens with one attached hydrogen (secondary N) is 1. The Morgan fingerprint density at radius 1 is 1.40 bits per heavy atom. The molecule has 0 bridgehead atoms. The first-order chi connectivity index (χ1) is 9.72. The van der Waals surface area contributed by atoms with Crippen LogP contribution in [0, 0.1) is 0 Å². The van der Waals surface area contributed by atoms with Crippen LogP contribution in [0.5, 0.6) is 0 Å². The van der Waals surface area contributed by atoms with E-state index in [2.05, 4.69) is 38.3 Å². The molecule has 0 aliphatic heterocycles. The molecular weight excluding hydrogens is 322 g/mol. The number of halogens is 1. The lowest BCUT2D eigenvalue weighted by Gasteiger charge is -2.10. The molecule has 0 aliphatic rings. The van der Waals surface area contributed by atoms with E-state index in [0.717, 1.165) is 25.1 Å². The molecule has 108 valence electrons. The molecule has 1 N–H and O–H groups in total. The molecule has 2 aromatic heterocycles. The number of aryl methyl sites for hydroxylation is 1. The van der Waals surface area contributed by atoms with Gasteiger partial charge in [-0.3, -0.25) is 4.79 Å². The van der Waals surface area contributed by atoms with E-state index in [9.17, 15) is 4.79 Å². The molecule has 2 heterocycles. The van der Waals surface area contributed by atoms with Crippen molar-refractivity contribution in [3.8, 4) is 0 Å². The molecule has 0 aromatic carbocycles. The van der Waals surface area contributed by atoms with Crippen molar-refractivity contribution in [3.05, 3.63) is 39.7 Å². The molecule has 0 amide bonds. The predicted octanol–water partition coefficient (Wildman–Crippen LogP) is 2.11. The molecule has 0 aliphatic carbocycles. The molecule has 0 radical (unpaired) electrons. The number of unbranched alkanes of at least 4 members (excludes halogenated alkanes) is 1. The number of aromatic nitrogens is 4. The molecule has 0 saturated carbocycles. The summed E-state index contributed by atoms with van der Waals surface area (Å²) >= 11 is 3.35. The van der Waals surface area contributed by atoms with Crippen molar-refractivity contribution in [3.63, 3.8) is 0 Å². The Bertz CT molecular complexity index is 593. The quantitative estimate of drug-likeness (QED) is 0.839. The van der Waals surface area contributed by atoms with Gasteiger partial charge in [-0.1, -0.05) is 13.3 Å². The Kier molecular flexibility index (Phi) is 5.34. The summed E-state index contributed by atoms with van der Waals surface area (Å²) in [7, 11) is 0. The minimum Gasteiger partial charge on any atom is -0.381 e. The van der Waals surface area contributed by atoms with Gasteiger partial charge in [-0.05, 0) is 22.4 Å². The normalized spacial score (nSPS) is 10.7. The van der Waals surface area contributed by atoms with E-state index in [0.29, 0.717) is 17.6 Å². The average molecular weight is 340 g/mol. The van der Waals surface area contributed by atoms with Crippen LogP contribution in [0.15, 0.2) is 34.2 Å². The van der Waals surface area contributed by atoms with Crippen molar-refractivity contribution in [1.29, 1.82) is 0 Å². The van der Waals surface area contributed by atoms with Crippen LogP contribution in [-0.2, 0) is 13.1 Å². The highest BCUT2D eigenvalue weighted by atomic mass is 79.9. The van der Waals surface area contributed by atoms with Gasteiger partial charge < -0.3 is 9.88 Å². The van der Waals surface area contributed by atoms with Gasteiger partial charge in [-0.2, -0.15) is 5.10 Å². The average Bonchev–Trinajstić information content (AvgIpc) is 2.96. The summed E-state index contributed by atoms with van der Waals surface area (Å²) < 4.78 is 4.00. The van der Waals surface area contributed by atoms with Gasteiger partial charge in [0.1, 0.15) is 4.47 Å². The lowest BCUT2D eigenvalue weighted by atomic mass is 10.3. The van der Waals surface area contributed by atoms with E-state index in [-0.39, 0.29) is 5.56 Å². The van der Waals surface area contributed by atoms with E-state index in [1.165, 1.54) is 4.68 Å². The minimum atomic E-state index is -0.0916. The number of rotatable bonds is 7. The highest BCUT2D eigenvalue weighted by Gasteiger charge is 2.08. The Balaban J connectivity index is 1.98. The van der Waals surface area contributed by atoms with Crippen molar-refractivity contribution >= 4 is 21.6 Å². The summed E-state index contributed by atoms with van der Waals surface area (Å²) in [5, 5.41) is 7.39. The Labute approximate surface area is 126 Å². The number of hydrogen-bond acceptors (Lipinski definition) is 4. The van der Waals surface area contributed by atoms with E-state index in [1.807, 2.05) is 10.8 Å². The van der Waals surface area contributed by atoms with Crippen molar-refractivity contribution in [2.45, 2.75) is 32.9 Å². The van der Waals surface area contributed by atoms with E-state index >= 15 is 0 Å². The highest BCUT2D eigenvalue weighted by molar-refractivity contribution is 9.10. The van der Waals surface area contributed by atoms with Crippen LogP contribution in [0.1, 0.15) is 19.8 Å². The summed E-state index contributed by atoms with van der Waals surface area (Å²) in [6, 6.07) is 0. The zero-order valence-corrected chi connectivity index (χ0v) is 13.0. The number of imidazole rings is 1. The summed E-state index contributed by atoms with van der Waals surface area (Å²) in [5.41, 5.74) is 0.633. The van der Waals surface area contributed by atoms with Gasteiger partial charge in [0.25, 0.3) is 5.56 Å². The first-order valence-electron chi connectivity index (χ1n) is 6.67. The first kappa shape index (κ1) is 14.8. The van der Waals surface area contributed by atoms with Crippen LogP contribution in [0.2, 0.25) is 0 Å². The van der Waals surface area contributed by atoms with Gasteiger partial charge in [-0.15, -0.1) is 0 Å². The van der Waals surface area contributed by atoms with Gasteiger partial charge in [0.15, 0.2) is 0 Å². The second-order valence-corrected chi connectivity index (χ2v) is 5.27. The zero-order valence-electron chi connectivity index (χ0n) is 11.4. The molecule has 2 aromatic rings. The van der Waals surface area contributed by atoms with Crippen LogP contribution in [0.4, 0.5) is 5.69 Å². The second-order valence-electron chi connectivity index (χ2n) is 4.48. The van der Waals surface area contributed by atoms with Gasteiger partial charge in [0, 0.05) is 32.0 Å². The third kappa shape index (κ3) is 3.69. The molecule has 7 heteroatoms. The van der Waals surface area contributed by atoms with Gasteiger partial charge in [0.2, 0.25) is 0 Å². The minimum absolute atomic E-state index is 0.0916. The van der Waals surface area contributed by atoms with Crippen LogP contribution in [-0.4, -0.2) is 25.9 Å². The molecule has 0 spiro atoms. The SMILES string of the molecule is CCCCn1ncc(NCCn2ccnc2)c(Br)c1=O. The fourth-order valence-electron chi connectivity index (χ4n) is 1.79. The highest BCUT2D eigenvalue weighted by Crippen LogP contribution is 2.15. The third-order valence-corrected chi connectivity index (χ3v) is 3.72. The summed E-state index contributed by atoms with van der Waals surface area (Å²) in [5.74, 6) is 0. The fraction of sp³-hybridized carbons (Fsp3) is 0.462. The Morgan fingerprint density at radius 2 is 2.25 bits per heavy atom. The van der Waals surface area contributed by atoms with Crippen molar-refractivity contribution in [2.75, 3.05) is 11.9 Å². The van der Waals surface area contributed by atoms with E-state index in [4.69, 9.17) is 0 Å². The van der Waals surface area contributed by atoms with Gasteiger partial charge in [-0.25, -0.2) is 9.67 Å². The molecule has 0 atom stereocenters. The van der Waals surface area contributed by atoms with E-state index in [1.54, 1.807) is 18.7 Å². The number of anilines is 1. The smallest absolute Gasteiger partial charge is 0.283 e. The Morgan fingerprint density at radius 3 is 2.95 bits per heavy atom. The third-order valence-electron chi connectivity index (χ3n) is 2.95. The number of nitrogens with zero attached hydrogens (tertiary/aromatic N) is 4. The maximum absolute atomic E-state index is 12.1. The summed E-state index contributed by atoms with van der Waals surface area (Å²) in [6.07, 6.45) is 9.08. The van der Waals surface area contributed by atoms with Crippen LogP contribution < -0.4 is 10.9 Å². The molecule has 0 unspecified atom stereocenters. The predicted molar refractivity (Wildman–Crippen MR) is 81.8 cm³/mol. The molecular formula is C13H18BrN5O. The molecule has 0 saturated heterocycles. The monoisotopic (exact) mass is 339 g/mol. The van der Waals surface area contributed by atoms with Crippen molar-refractivity contribution < 1.29 is 0 Å². The lowest BCUT2D eigenvalue weighted by Crippen LogP contribution is -2.25. The molecule has 20 heavy (non-hydrogen) atoms. The van der Waals surface area contributed by atoms with Crippen LogP contribution in [0.3, 0.4) is 0 Å². The lowest BCUT2D eigenvalue weighted by molar-refractivity contribution is 0.541. The number of hydrogen-bond donors (Lipinski definition) is 1. The maximum atomic E-state index is 12.1. The van der Waals surface area contributed by atoms with Crippen LogP contribution >= 0.6 is 15.9 Å². The van der Waals surface area contributed by atoms with E-state index < -0.39 is 0 Å². The first-order valence-corrected chi connectivity index (χ1v) is 7.47. The van der Waals surface area contributed by atoms with Gasteiger partial charge >= 0.3 is 0 Å². The molecule has 2 rings (SSSR count). The summed E-state index contributed by atoms with van der Waals surface area (Å²) in [6.45, 7) is 4.23. The standard InChI is InChI=1S/C13H18BrN5O/c1-2-3-6-19-13(20)12(14)11(9-17-19)16-5-8-18-7-4-15-10-18/h4,7,9-10,16H,2-3,5-6,8H2,1H3. The largest absolute Gasteiger partial charge is 0.381 e. The Hall–Kier alpha value is -1.63.